The summed E-state index contributed by atoms with van der Waals surface area (Å²) in [6.45, 7) is 3.91. The molecule has 0 radical (unpaired) electrons. The van der Waals surface area contributed by atoms with Gasteiger partial charge < -0.3 is 24.8 Å². The molecule has 2 aromatic rings. The number of ether oxygens (including phenoxy) is 2. The van der Waals surface area contributed by atoms with Crippen LogP contribution in [0.1, 0.15) is 75.2 Å². The lowest BCUT2D eigenvalue weighted by Gasteiger charge is -2.32. The Morgan fingerprint density at radius 3 is 2.42 bits per heavy atom. The highest BCUT2D eigenvalue weighted by Crippen LogP contribution is 2.34. The van der Waals surface area contributed by atoms with Gasteiger partial charge in [-0.25, -0.2) is 0 Å². The van der Waals surface area contributed by atoms with Crippen molar-refractivity contribution in [3.8, 4) is 5.75 Å². The molecule has 1 aliphatic carbocycles. The maximum absolute atomic E-state index is 10.1. The molecule has 4 rings (SSSR count). The third kappa shape index (κ3) is 7.43. The van der Waals surface area contributed by atoms with Crippen molar-refractivity contribution in [2.24, 2.45) is 0 Å². The molecule has 2 aromatic carbocycles. The van der Waals surface area contributed by atoms with Crippen molar-refractivity contribution in [3.05, 3.63) is 64.2 Å². The second-order valence-corrected chi connectivity index (χ2v) is 9.19. The Kier molecular flexibility index (Phi) is 10.0. The fraction of sp³-hybridized carbons (Fsp3) is 0.556. The Hall–Kier alpha value is -1.63. The van der Waals surface area contributed by atoms with Gasteiger partial charge in [0.15, 0.2) is 0 Å². The van der Waals surface area contributed by atoms with Gasteiger partial charge in [-0.15, -0.1) is 0 Å². The van der Waals surface area contributed by atoms with E-state index in [4.69, 9.17) is 21.1 Å². The topological polar surface area (TPSA) is 79.2 Å². The number of halogens is 1. The number of rotatable bonds is 6. The summed E-state index contributed by atoms with van der Waals surface area (Å²) in [7, 11) is 0. The molecule has 0 spiro atoms. The zero-order valence-electron chi connectivity index (χ0n) is 19.6. The van der Waals surface area contributed by atoms with Gasteiger partial charge in [-0.2, -0.15) is 0 Å². The molecule has 0 bridgehead atoms. The van der Waals surface area contributed by atoms with E-state index in [0.717, 1.165) is 41.7 Å². The van der Waals surface area contributed by atoms with Crippen molar-refractivity contribution in [1.29, 1.82) is 0 Å². The van der Waals surface area contributed by atoms with Crippen LogP contribution in [-0.2, 0) is 11.2 Å². The summed E-state index contributed by atoms with van der Waals surface area (Å²) in [6, 6.07) is 13.9. The molecule has 1 saturated heterocycles. The Balaban J connectivity index is 0.00000149. The van der Waals surface area contributed by atoms with E-state index >= 15 is 0 Å². The SMILES string of the molecule is CC.OC[C@@H]1C[C@H](O)C[C@H](c2ccc(Cl)c(Cc3ccc(O[C@@H]4CCC[C@H](O)C4)cc3)c2)O1. The highest BCUT2D eigenvalue weighted by atomic mass is 35.5. The monoisotopic (exact) mass is 476 g/mol. The molecule has 5 atom stereocenters. The predicted molar refractivity (Wildman–Crippen MR) is 131 cm³/mol. The molecule has 1 heterocycles. The van der Waals surface area contributed by atoms with Crippen LogP contribution in [0.2, 0.25) is 5.02 Å². The predicted octanol–water partition coefficient (Wildman–Crippen LogP) is 5.21. The molecule has 33 heavy (non-hydrogen) atoms. The van der Waals surface area contributed by atoms with Gasteiger partial charge in [-0.3, -0.25) is 0 Å². The summed E-state index contributed by atoms with van der Waals surface area (Å²) in [5, 5.41) is 30.1. The summed E-state index contributed by atoms with van der Waals surface area (Å²) in [5.41, 5.74) is 3.08. The van der Waals surface area contributed by atoms with Crippen LogP contribution in [0.5, 0.6) is 5.75 Å². The standard InChI is InChI=1S/C25H31ClO5.C2H6/c26-24-9-6-17(25-14-20(29)13-23(15-27)31-25)11-18(24)10-16-4-7-21(8-5-16)30-22-3-1-2-19(28)12-22;1-2/h4-9,11,19-20,22-23,25,27-29H,1-3,10,12-15H2;1-2H3/t19-,20-,22+,23-,25+;/m0./s1. The van der Waals surface area contributed by atoms with Crippen LogP contribution in [0.3, 0.4) is 0 Å². The van der Waals surface area contributed by atoms with Crippen LogP contribution < -0.4 is 4.74 Å². The van der Waals surface area contributed by atoms with E-state index in [0.29, 0.717) is 30.7 Å². The van der Waals surface area contributed by atoms with Gasteiger partial charge in [0.2, 0.25) is 0 Å². The lowest BCUT2D eigenvalue weighted by molar-refractivity contribution is -0.113. The van der Waals surface area contributed by atoms with E-state index in [1.807, 2.05) is 56.3 Å². The van der Waals surface area contributed by atoms with Gasteiger partial charge in [0, 0.05) is 24.3 Å². The minimum Gasteiger partial charge on any atom is -0.490 e. The van der Waals surface area contributed by atoms with Gasteiger partial charge in [-0.05, 0) is 60.6 Å². The first-order chi connectivity index (χ1) is 16.0. The summed E-state index contributed by atoms with van der Waals surface area (Å²) >= 11 is 6.46. The lowest BCUT2D eigenvalue weighted by atomic mass is 9.94. The van der Waals surface area contributed by atoms with E-state index in [1.165, 1.54) is 0 Å². The van der Waals surface area contributed by atoms with Crippen LogP contribution in [0, 0.1) is 0 Å². The molecule has 0 unspecified atom stereocenters. The van der Waals surface area contributed by atoms with Crippen molar-refractivity contribution >= 4 is 11.6 Å². The number of aliphatic hydroxyl groups is 3. The van der Waals surface area contributed by atoms with E-state index < -0.39 is 6.10 Å². The molecule has 0 aromatic heterocycles. The van der Waals surface area contributed by atoms with Crippen molar-refractivity contribution in [3.63, 3.8) is 0 Å². The Labute approximate surface area is 202 Å². The van der Waals surface area contributed by atoms with Crippen LogP contribution in [-0.4, -0.2) is 46.3 Å². The highest BCUT2D eigenvalue weighted by Gasteiger charge is 2.29. The van der Waals surface area contributed by atoms with Crippen LogP contribution in [0.4, 0.5) is 0 Å². The highest BCUT2D eigenvalue weighted by molar-refractivity contribution is 6.31. The summed E-state index contributed by atoms with van der Waals surface area (Å²) in [6.07, 6.45) is 3.94. The first-order valence-corrected chi connectivity index (χ1v) is 12.5. The molecule has 2 aliphatic rings. The van der Waals surface area contributed by atoms with Crippen LogP contribution in [0.15, 0.2) is 42.5 Å². The Morgan fingerprint density at radius 2 is 1.73 bits per heavy atom. The van der Waals surface area contributed by atoms with Crippen molar-refractivity contribution < 1.29 is 24.8 Å². The van der Waals surface area contributed by atoms with Crippen molar-refractivity contribution in [2.75, 3.05) is 6.61 Å². The van der Waals surface area contributed by atoms with Gasteiger partial charge in [0.25, 0.3) is 0 Å². The third-order valence-corrected chi connectivity index (χ3v) is 6.61. The van der Waals surface area contributed by atoms with Crippen LogP contribution in [0.25, 0.3) is 0 Å². The molecular formula is C27H37ClO5. The van der Waals surface area contributed by atoms with E-state index in [2.05, 4.69) is 0 Å². The molecule has 182 valence electrons. The van der Waals surface area contributed by atoms with Gasteiger partial charge >= 0.3 is 0 Å². The van der Waals surface area contributed by atoms with E-state index in [9.17, 15) is 15.3 Å². The lowest BCUT2D eigenvalue weighted by Crippen LogP contribution is -2.33. The minimum atomic E-state index is -0.479. The normalized spacial score (nSPS) is 27.4. The molecule has 1 aliphatic heterocycles. The Morgan fingerprint density at radius 1 is 0.970 bits per heavy atom. The van der Waals surface area contributed by atoms with Gasteiger partial charge in [0.1, 0.15) is 11.9 Å². The molecule has 6 heteroatoms. The maximum Gasteiger partial charge on any atom is 0.119 e. The molecule has 0 amide bonds. The summed E-state index contributed by atoms with van der Waals surface area (Å²) in [4.78, 5) is 0. The van der Waals surface area contributed by atoms with Crippen LogP contribution >= 0.6 is 11.6 Å². The second kappa shape index (κ2) is 12.7. The summed E-state index contributed by atoms with van der Waals surface area (Å²) in [5.74, 6) is 0.822. The smallest absolute Gasteiger partial charge is 0.119 e. The maximum atomic E-state index is 10.1. The number of hydrogen-bond acceptors (Lipinski definition) is 5. The minimum absolute atomic E-state index is 0.0781. The molecule has 2 fully saturated rings. The first kappa shape index (κ1) is 26.0. The molecule has 3 N–H and O–H groups in total. The molecule has 5 nitrogen and oxygen atoms in total. The van der Waals surface area contributed by atoms with E-state index in [1.54, 1.807) is 0 Å². The fourth-order valence-corrected chi connectivity index (χ4v) is 4.76. The molecule has 1 saturated carbocycles. The zero-order valence-corrected chi connectivity index (χ0v) is 20.4. The third-order valence-electron chi connectivity index (χ3n) is 6.24. The van der Waals surface area contributed by atoms with Crippen molar-refractivity contribution in [2.45, 2.75) is 89.3 Å². The average molecular weight is 477 g/mol. The Bertz CT molecular complexity index is 856. The molecular weight excluding hydrogens is 440 g/mol. The zero-order chi connectivity index (χ0) is 23.8. The first-order valence-electron chi connectivity index (χ1n) is 12.2. The number of aliphatic hydroxyl groups excluding tert-OH is 3. The van der Waals surface area contributed by atoms with Gasteiger partial charge in [-0.1, -0.05) is 49.7 Å². The number of hydrogen-bond donors (Lipinski definition) is 3. The quantitative estimate of drug-likeness (QED) is 0.533. The summed E-state index contributed by atoms with van der Waals surface area (Å²) < 4.78 is 12.0. The number of benzene rings is 2. The van der Waals surface area contributed by atoms with E-state index in [-0.39, 0.29) is 31.0 Å². The largest absolute Gasteiger partial charge is 0.490 e. The van der Waals surface area contributed by atoms with Gasteiger partial charge in [0.05, 0.1) is 31.0 Å². The average Bonchev–Trinajstić information content (AvgIpc) is 2.82. The fourth-order valence-electron chi connectivity index (χ4n) is 4.58. The second-order valence-electron chi connectivity index (χ2n) is 8.79. The van der Waals surface area contributed by atoms with Crippen molar-refractivity contribution in [1.82, 2.24) is 0 Å².